The molecule has 2 heterocycles. The lowest BCUT2D eigenvalue weighted by Gasteiger charge is -2.13. The second kappa shape index (κ2) is 5.45. The van der Waals surface area contributed by atoms with Crippen LogP contribution in [0, 0.1) is 0 Å². The van der Waals surface area contributed by atoms with Gasteiger partial charge in [-0.1, -0.05) is 28.1 Å². The Balaban J connectivity index is 1.67. The molecule has 3 nitrogen and oxygen atoms in total. The predicted octanol–water partition coefficient (Wildman–Crippen LogP) is 4.01. The summed E-state index contributed by atoms with van der Waals surface area (Å²) < 4.78 is 3.17. The van der Waals surface area contributed by atoms with Crippen molar-refractivity contribution in [1.29, 1.82) is 0 Å². The van der Waals surface area contributed by atoms with E-state index in [0.717, 1.165) is 21.7 Å². The third-order valence-electron chi connectivity index (χ3n) is 3.08. The van der Waals surface area contributed by atoms with Crippen LogP contribution in [-0.2, 0) is 6.54 Å². The van der Waals surface area contributed by atoms with Crippen molar-refractivity contribution in [2.75, 3.05) is 0 Å². The first-order valence-corrected chi connectivity index (χ1v) is 7.79. The molecule has 3 rings (SSSR count). The van der Waals surface area contributed by atoms with Crippen LogP contribution in [0.3, 0.4) is 0 Å². The lowest BCUT2D eigenvalue weighted by molar-refractivity contribution is 0.569. The molecule has 0 aliphatic rings. The highest BCUT2D eigenvalue weighted by molar-refractivity contribution is 9.10. The van der Waals surface area contributed by atoms with Crippen LogP contribution >= 0.6 is 27.3 Å². The third kappa shape index (κ3) is 2.88. The van der Waals surface area contributed by atoms with Gasteiger partial charge in [0, 0.05) is 34.8 Å². The molecule has 3 aromatic rings. The number of thiazole rings is 1. The Labute approximate surface area is 124 Å². The summed E-state index contributed by atoms with van der Waals surface area (Å²) in [5.74, 6) is 0. The number of aromatic nitrogens is 2. The molecule has 98 valence electrons. The third-order valence-corrected chi connectivity index (χ3v) is 4.35. The molecule has 0 aliphatic carbocycles. The molecule has 19 heavy (non-hydrogen) atoms. The van der Waals surface area contributed by atoms with Crippen molar-refractivity contribution in [3.63, 3.8) is 0 Å². The van der Waals surface area contributed by atoms with Crippen molar-refractivity contribution in [3.05, 3.63) is 57.8 Å². The van der Waals surface area contributed by atoms with E-state index in [1.807, 2.05) is 17.6 Å². The number of nitrogens with one attached hydrogen (secondary N) is 1. The van der Waals surface area contributed by atoms with Crippen LogP contribution in [0.4, 0.5) is 0 Å². The van der Waals surface area contributed by atoms with Crippen molar-refractivity contribution in [2.24, 2.45) is 0 Å². The first-order valence-electron chi connectivity index (χ1n) is 6.12. The number of fused-ring (bicyclic) bond motifs is 1. The Kier molecular flexibility index (Phi) is 3.68. The van der Waals surface area contributed by atoms with Gasteiger partial charge in [0.15, 0.2) is 4.96 Å². The zero-order chi connectivity index (χ0) is 13.2. The van der Waals surface area contributed by atoms with Crippen LogP contribution in [0.2, 0.25) is 0 Å². The molecule has 0 spiro atoms. The molecule has 0 aliphatic heterocycles. The van der Waals surface area contributed by atoms with Gasteiger partial charge in [0.25, 0.3) is 0 Å². The van der Waals surface area contributed by atoms with E-state index in [2.05, 4.69) is 62.0 Å². The van der Waals surface area contributed by atoms with Crippen molar-refractivity contribution >= 4 is 32.2 Å². The second-order valence-corrected chi connectivity index (χ2v) is 6.27. The number of hydrogen-bond acceptors (Lipinski definition) is 3. The molecule has 1 atom stereocenters. The summed E-state index contributed by atoms with van der Waals surface area (Å²) in [6.07, 6.45) is 4.11. The van der Waals surface area contributed by atoms with Gasteiger partial charge in [-0.05, 0) is 24.6 Å². The molecule has 0 radical (unpaired) electrons. The average Bonchev–Trinajstić information content (AvgIpc) is 2.96. The van der Waals surface area contributed by atoms with E-state index in [1.165, 1.54) is 5.56 Å². The van der Waals surface area contributed by atoms with Gasteiger partial charge in [0.1, 0.15) is 0 Å². The maximum Gasteiger partial charge on any atom is 0.193 e. The number of halogens is 1. The molecule has 1 N–H and O–H groups in total. The number of imidazole rings is 1. The van der Waals surface area contributed by atoms with E-state index in [4.69, 9.17) is 0 Å². The van der Waals surface area contributed by atoms with E-state index in [1.54, 1.807) is 11.3 Å². The maximum absolute atomic E-state index is 4.57. The molecular weight excluding hydrogens is 322 g/mol. The zero-order valence-corrected chi connectivity index (χ0v) is 12.9. The number of nitrogens with zero attached hydrogens (tertiary/aromatic N) is 2. The standard InChI is InChI=1S/C14H14BrN3S/c1-10(11-3-2-4-12(15)7-11)16-8-13-9-18-5-6-19-14(18)17-13/h2-7,9-10,16H,8H2,1H3/t10-/m1/s1. The minimum atomic E-state index is 0.303. The highest BCUT2D eigenvalue weighted by Crippen LogP contribution is 2.18. The summed E-state index contributed by atoms with van der Waals surface area (Å²) >= 11 is 5.16. The first-order chi connectivity index (χ1) is 9.22. The smallest absolute Gasteiger partial charge is 0.193 e. The van der Waals surface area contributed by atoms with Crippen molar-refractivity contribution in [3.8, 4) is 0 Å². The van der Waals surface area contributed by atoms with E-state index < -0.39 is 0 Å². The molecule has 1 aromatic carbocycles. The first kappa shape index (κ1) is 12.8. The fourth-order valence-corrected chi connectivity index (χ4v) is 3.15. The summed E-state index contributed by atoms with van der Waals surface area (Å²) in [4.78, 5) is 5.61. The monoisotopic (exact) mass is 335 g/mol. The molecule has 0 saturated carbocycles. The molecule has 0 bridgehead atoms. The van der Waals surface area contributed by atoms with Crippen molar-refractivity contribution in [1.82, 2.24) is 14.7 Å². The fraction of sp³-hybridized carbons (Fsp3) is 0.214. The Hall–Kier alpha value is -1.17. The van der Waals surface area contributed by atoms with E-state index in [9.17, 15) is 0 Å². The van der Waals surface area contributed by atoms with Gasteiger partial charge >= 0.3 is 0 Å². The highest BCUT2D eigenvalue weighted by atomic mass is 79.9. The Morgan fingerprint density at radius 1 is 1.47 bits per heavy atom. The summed E-state index contributed by atoms with van der Waals surface area (Å²) in [6, 6.07) is 8.68. The topological polar surface area (TPSA) is 29.3 Å². The minimum absolute atomic E-state index is 0.303. The lowest BCUT2D eigenvalue weighted by Crippen LogP contribution is -2.18. The van der Waals surface area contributed by atoms with Crippen LogP contribution in [-0.4, -0.2) is 9.38 Å². The molecule has 0 fully saturated rings. The lowest BCUT2D eigenvalue weighted by atomic mass is 10.1. The number of rotatable bonds is 4. The summed E-state index contributed by atoms with van der Waals surface area (Å²) in [6.45, 7) is 2.95. The average molecular weight is 336 g/mol. The summed E-state index contributed by atoms with van der Waals surface area (Å²) in [5.41, 5.74) is 2.35. The largest absolute Gasteiger partial charge is 0.305 e. The molecular formula is C14H14BrN3S. The van der Waals surface area contributed by atoms with Crippen molar-refractivity contribution < 1.29 is 0 Å². The van der Waals surface area contributed by atoms with E-state index in [0.29, 0.717) is 6.04 Å². The van der Waals surface area contributed by atoms with Gasteiger partial charge in [-0.2, -0.15) is 0 Å². The van der Waals surface area contributed by atoms with Gasteiger partial charge in [0.2, 0.25) is 0 Å². The van der Waals surface area contributed by atoms with Crippen LogP contribution in [0.1, 0.15) is 24.2 Å². The Morgan fingerprint density at radius 2 is 2.37 bits per heavy atom. The molecule has 0 unspecified atom stereocenters. The molecule has 0 amide bonds. The predicted molar refractivity (Wildman–Crippen MR) is 82.5 cm³/mol. The second-order valence-electron chi connectivity index (χ2n) is 4.48. The van der Waals surface area contributed by atoms with Crippen molar-refractivity contribution in [2.45, 2.75) is 19.5 Å². The Bertz CT molecular complexity index is 660. The van der Waals surface area contributed by atoms with Gasteiger partial charge in [-0.3, -0.25) is 4.40 Å². The zero-order valence-electron chi connectivity index (χ0n) is 10.5. The van der Waals surface area contributed by atoms with E-state index in [-0.39, 0.29) is 0 Å². The van der Waals surface area contributed by atoms with Crippen LogP contribution in [0.5, 0.6) is 0 Å². The quantitative estimate of drug-likeness (QED) is 0.780. The normalized spacial score (nSPS) is 12.9. The summed E-state index contributed by atoms with van der Waals surface area (Å²) in [5, 5.41) is 5.55. The van der Waals surface area contributed by atoms with Gasteiger partial charge in [0.05, 0.1) is 5.69 Å². The minimum Gasteiger partial charge on any atom is -0.305 e. The Morgan fingerprint density at radius 3 is 3.16 bits per heavy atom. The SMILES string of the molecule is C[C@@H](NCc1cn2ccsc2n1)c1cccc(Br)c1. The number of hydrogen-bond donors (Lipinski definition) is 1. The van der Waals surface area contributed by atoms with Crippen LogP contribution in [0.15, 0.2) is 46.5 Å². The fourth-order valence-electron chi connectivity index (χ4n) is 2.01. The van der Waals surface area contributed by atoms with Crippen LogP contribution in [0.25, 0.3) is 4.96 Å². The number of benzene rings is 1. The van der Waals surface area contributed by atoms with Gasteiger partial charge in [-0.25, -0.2) is 4.98 Å². The molecule has 5 heteroatoms. The van der Waals surface area contributed by atoms with Crippen LogP contribution < -0.4 is 5.32 Å². The molecule has 2 aromatic heterocycles. The van der Waals surface area contributed by atoms with Gasteiger partial charge < -0.3 is 5.32 Å². The van der Waals surface area contributed by atoms with Gasteiger partial charge in [-0.15, -0.1) is 11.3 Å². The highest BCUT2D eigenvalue weighted by Gasteiger charge is 2.07. The maximum atomic E-state index is 4.57. The molecule has 0 saturated heterocycles. The van der Waals surface area contributed by atoms with E-state index >= 15 is 0 Å². The summed E-state index contributed by atoms with van der Waals surface area (Å²) in [7, 11) is 0.